The number of carbonyl (C=O) groups is 2. The molecule has 0 radical (unpaired) electrons. The molecule has 1 aromatic heterocycles. The minimum absolute atomic E-state index is 0.191. The summed E-state index contributed by atoms with van der Waals surface area (Å²) in [4.78, 5) is 26.8. The molecule has 202 valence electrons. The van der Waals surface area contributed by atoms with Crippen molar-refractivity contribution in [1.82, 2.24) is 0 Å². The van der Waals surface area contributed by atoms with Gasteiger partial charge >= 0.3 is 0 Å². The zero-order chi connectivity index (χ0) is 28.4. The van der Waals surface area contributed by atoms with Gasteiger partial charge in [0, 0.05) is 20.8 Å². The summed E-state index contributed by atoms with van der Waals surface area (Å²) < 4.78 is 27.6. The van der Waals surface area contributed by atoms with E-state index >= 15 is 0 Å². The highest BCUT2D eigenvalue weighted by molar-refractivity contribution is 7.92. The molecule has 0 bridgehead atoms. The first-order chi connectivity index (χ1) is 19.1. The monoisotopic (exact) mass is 588 g/mol. The van der Waals surface area contributed by atoms with E-state index in [9.17, 15) is 18.0 Å². The summed E-state index contributed by atoms with van der Waals surface area (Å²) in [6, 6.07) is 28.3. The van der Waals surface area contributed by atoms with Crippen molar-refractivity contribution in [2.45, 2.75) is 13.5 Å². The predicted molar refractivity (Wildman–Crippen MR) is 163 cm³/mol. The Labute approximate surface area is 241 Å². The molecule has 0 aliphatic heterocycles. The summed E-state index contributed by atoms with van der Waals surface area (Å²) in [5, 5.41) is 3.97. The molecule has 40 heavy (non-hydrogen) atoms. The van der Waals surface area contributed by atoms with Gasteiger partial charge in [-0.3, -0.25) is 13.9 Å². The van der Waals surface area contributed by atoms with Crippen molar-refractivity contribution in [3.8, 4) is 0 Å². The molecule has 6 nitrogen and oxygen atoms in total. The number of nitrogens with zero attached hydrogens (tertiary/aromatic N) is 1. The van der Waals surface area contributed by atoms with Gasteiger partial charge in [0.15, 0.2) is 5.78 Å². The Morgan fingerprint density at radius 3 is 2.33 bits per heavy atom. The number of hydrogen-bond acceptors (Lipinski definition) is 5. The number of benzene rings is 4. The topological polar surface area (TPSA) is 83.6 Å². The van der Waals surface area contributed by atoms with Crippen LogP contribution in [0.5, 0.6) is 0 Å². The van der Waals surface area contributed by atoms with Gasteiger partial charge < -0.3 is 5.32 Å². The number of sulfonamides is 1. The number of nitrogens with one attached hydrogen (secondary N) is 1. The third-order valence-corrected chi connectivity index (χ3v) is 8.86. The molecule has 1 heterocycles. The number of aryl methyl sites for hydroxylation is 1. The average Bonchev–Trinajstić information content (AvgIpc) is 3.37. The molecular weight excluding hydrogens is 564 g/mol. The van der Waals surface area contributed by atoms with Crippen LogP contribution in [0.2, 0.25) is 5.02 Å². The van der Waals surface area contributed by atoms with E-state index in [2.05, 4.69) is 5.32 Å². The van der Waals surface area contributed by atoms with E-state index in [1.807, 2.05) is 43.3 Å². The Morgan fingerprint density at radius 2 is 1.62 bits per heavy atom. The zero-order valence-electron chi connectivity index (χ0n) is 21.7. The lowest BCUT2D eigenvalue weighted by Crippen LogP contribution is -2.29. The fraction of sp³-hybridized carbons (Fsp3) is 0.0968. The van der Waals surface area contributed by atoms with Gasteiger partial charge in [-0.2, -0.15) is 0 Å². The van der Waals surface area contributed by atoms with Gasteiger partial charge in [-0.05, 0) is 60.3 Å². The quantitative estimate of drug-likeness (QED) is 0.193. The lowest BCUT2D eigenvalue weighted by Gasteiger charge is -2.22. The molecule has 5 rings (SSSR count). The largest absolute Gasteiger partial charge is 0.321 e. The first-order valence-corrected chi connectivity index (χ1v) is 15.4. The second-order valence-electron chi connectivity index (χ2n) is 9.43. The summed E-state index contributed by atoms with van der Waals surface area (Å²) >= 11 is 7.46. The van der Waals surface area contributed by atoms with Crippen LogP contribution in [0.25, 0.3) is 10.1 Å². The van der Waals surface area contributed by atoms with Crippen molar-refractivity contribution in [3.05, 3.63) is 129 Å². The average molecular weight is 589 g/mol. The third kappa shape index (κ3) is 6.09. The molecule has 1 N–H and O–H groups in total. The van der Waals surface area contributed by atoms with E-state index in [1.165, 1.54) is 28.0 Å². The number of rotatable bonds is 8. The molecule has 0 aliphatic rings. The summed E-state index contributed by atoms with van der Waals surface area (Å²) in [6.45, 7) is 2.17. The normalized spacial score (nSPS) is 11.4. The number of thiophene rings is 1. The van der Waals surface area contributed by atoms with Gasteiger partial charge in [-0.1, -0.05) is 71.8 Å². The maximum Gasteiger partial charge on any atom is 0.265 e. The summed E-state index contributed by atoms with van der Waals surface area (Å²) in [5.74, 6) is -0.638. The van der Waals surface area contributed by atoms with Crippen molar-refractivity contribution >= 4 is 66.1 Å². The van der Waals surface area contributed by atoms with Crippen molar-refractivity contribution in [1.29, 1.82) is 0 Å². The van der Waals surface area contributed by atoms with Gasteiger partial charge in [-0.15, -0.1) is 11.3 Å². The van der Waals surface area contributed by atoms with Crippen molar-refractivity contribution < 1.29 is 18.0 Å². The molecule has 5 aromatic rings. The molecule has 0 spiro atoms. The number of halogens is 1. The van der Waals surface area contributed by atoms with Crippen LogP contribution in [0.4, 0.5) is 11.4 Å². The van der Waals surface area contributed by atoms with Crippen LogP contribution < -0.4 is 9.62 Å². The van der Waals surface area contributed by atoms with E-state index in [1.54, 1.807) is 54.6 Å². The standard InChI is InChI=1S/C31H25ClN2O4S2/c1-20-8-10-21(11-9-20)19-34(40(2,37)38)25-13-15-28-23(16-25)17-29(39-28)31(36)33-27-14-12-24(32)18-26(27)30(35)22-6-4-3-5-7-22/h3-18H,19H2,1-2H3,(H,33,36). The highest BCUT2D eigenvalue weighted by atomic mass is 35.5. The summed E-state index contributed by atoms with van der Waals surface area (Å²) in [5.41, 5.74) is 3.59. The van der Waals surface area contributed by atoms with E-state index in [4.69, 9.17) is 11.6 Å². The number of hydrogen-bond donors (Lipinski definition) is 1. The van der Waals surface area contributed by atoms with Crippen LogP contribution in [0.15, 0.2) is 97.1 Å². The smallest absolute Gasteiger partial charge is 0.265 e. The first-order valence-electron chi connectivity index (χ1n) is 12.4. The van der Waals surface area contributed by atoms with Crippen LogP contribution in [-0.2, 0) is 16.6 Å². The van der Waals surface area contributed by atoms with E-state index in [0.717, 1.165) is 21.2 Å². The molecule has 4 aromatic carbocycles. The van der Waals surface area contributed by atoms with Crippen molar-refractivity contribution in [2.24, 2.45) is 0 Å². The third-order valence-electron chi connectivity index (χ3n) is 6.37. The molecule has 0 aliphatic carbocycles. The second-order valence-corrected chi connectivity index (χ2v) is 12.9. The molecule has 0 atom stereocenters. The van der Waals surface area contributed by atoms with Gasteiger partial charge in [0.1, 0.15) is 0 Å². The Hall–Kier alpha value is -3.98. The van der Waals surface area contributed by atoms with E-state index < -0.39 is 10.0 Å². The zero-order valence-corrected chi connectivity index (χ0v) is 24.1. The predicted octanol–water partition coefficient (Wildman–Crippen LogP) is 7.31. The second kappa shape index (κ2) is 11.3. The van der Waals surface area contributed by atoms with E-state index in [0.29, 0.717) is 26.8 Å². The highest BCUT2D eigenvalue weighted by Crippen LogP contribution is 2.32. The Bertz CT molecular complexity index is 1830. The maximum atomic E-state index is 13.3. The minimum Gasteiger partial charge on any atom is -0.321 e. The molecular formula is C31H25ClN2O4S2. The number of carbonyl (C=O) groups excluding carboxylic acids is 2. The summed E-state index contributed by atoms with van der Waals surface area (Å²) in [7, 11) is -3.57. The first kappa shape index (κ1) is 27.6. The highest BCUT2D eigenvalue weighted by Gasteiger charge is 2.21. The molecule has 0 saturated carbocycles. The maximum absolute atomic E-state index is 13.3. The van der Waals surface area contributed by atoms with Crippen LogP contribution in [0, 0.1) is 6.92 Å². The van der Waals surface area contributed by atoms with Gasteiger partial charge in [0.25, 0.3) is 5.91 Å². The van der Waals surface area contributed by atoms with Crippen LogP contribution in [0.3, 0.4) is 0 Å². The Morgan fingerprint density at radius 1 is 0.900 bits per heavy atom. The lowest BCUT2D eigenvalue weighted by atomic mass is 10.0. The van der Waals surface area contributed by atoms with E-state index in [-0.39, 0.29) is 23.8 Å². The SMILES string of the molecule is Cc1ccc(CN(c2ccc3sc(C(=O)Nc4ccc(Cl)cc4C(=O)c4ccccc4)cc3c2)S(C)(=O)=O)cc1. The molecule has 9 heteroatoms. The lowest BCUT2D eigenvalue weighted by molar-refractivity contribution is 0.103. The molecule has 0 saturated heterocycles. The number of anilines is 2. The number of fused-ring (bicyclic) bond motifs is 1. The number of amides is 1. The Balaban J connectivity index is 1.43. The number of ketones is 1. The fourth-order valence-electron chi connectivity index (χ4n) is 4.30. The van der Waals surface area contributed by atoms with Crippen molar-refractivity contribution in [3.63, 3.8) is 0 Å². The van der Waals surface area contributed by atoms with Gasteiger partial charge in [0.05, 0.1) is 29.1 Å². The molecule has 0 unspecified atom stereocenters. The van der Waals surface area contributed by atoms with Gasteiger partial charge in [0.2, 0.25) is 10.0 Å². The van der Waals surface area contributed by atoms with Crippen LogP contribution >= 0.6 is 22.9 Å². The van der Waals surface area contributed by atoms with Crippen LogP contribution in [-0.4, -0.2) is 26.4 Å². The summed E-state index contributed by atoms with van der Waals surface area (Å²) in [6.07, 6.45) is 1.18. The minimum atomic E-state index is -3.57. The molecule has 1 amide bonds. The molecule has 0 fully saturated rings. The fourth-order valence-corrected chi connectivity index (χ4v) is 6.29. The Kier molecular flexibility index (Phi) is 7.76. The van der Waals surface area contributed by atoms with Gasteiger partial charge in [-0.25, -0.2) is 8.42 Å². The van der Waals surface area contributed by atoms with Crippen LogP contribution in [0.1, 0.15) is 36.7 Å². The van der Waals surface area contributed by atoms with Crippen molar-refractivity contribution in [2.75, 3.05) is 15.9 Å².